The maximum atomic E-state index is 12.7. The molecule has 0 spiro atoms. The van der Waals surface area contributed by atoms with Crippen LogP contribution in [0.5, 0.6) is 0 Å². The SMILES string of the molecule is Cc1ccc(NC(=O)N2CCS[C@H]2c2ccc(C(C)C)cc2)cc1. The molecule has 1 fully saturated rings. The lowest BCUT2D eigenvalue weighted by atomic mass is 10.0. The summed E-state index contributed by atoms with van der Waals surface area (Å²) in [6, 6.07) is 16.6. The molecule has 0 aromatic heterocycles. The van der Waals surface area contributed by atoms with Crippen LogP contribution in [0.15, 0.2) is 48.5 Å². The van der Waals surface area contributed by atoms with E-state index in [0.717, 1.165) is 18.0 Å². The lowest BCUT2D eigenvalue weighted by molar-refractivity contribution is 0.214. The molecule has 0 bridgehead atoms. The first-order chi connectivity index (χ1) is 11.5. The van der Waals surface area contributed by atoms with Crippen molar-refractivity contribution in [1.82, 2.24) is 4.90 Å². The summed E-state index contributed by atoms with van der Waals surface area (Å²) < 4.78 is 0. The lowest BCUT2D eigenvalue weighted by Gasteiger charge is -2.24. The summed E-state index contributed by atoms with van der Waals surface area (Å²) in [5, 5.41) is 3.11. The van der Waals surface area contributed by atoms with Crippen LogP contribution in [-0.4, -0.2) is 23.2 Å². The van der Waals surface area contributed by atoms with Crippen molar-refractivity contribution in [2.45, 2.75) is 32.1 Å². The summed E-state index contributed by atoms with van der Waals surface area (Å²) in [5.74, 6) is 1.49. The number of aryl methyl sites for hydroxylation is 1. The Morgan fingerprint density at radius 1 is 1.12 bits per heavy atom. The first-order valence-electron chi connectivity index (χ1n) is 8.40. The smallest absolute Gasteiger partial charge is 0.308 e. The van der Waals surface area contributed by atoms with E-state index in [4.69, 9.17) is 0 Å². The first kappa shape index (κ1) is 16.9. The minimum atomic E-state index is -0.0261. The van der Waals surface area contributed by atoms with Gasteiger partial charge < -0.3 is 10.2 Å². The molecule has 4 heteroatoms. The summed E-state index contributed by atoms with van der Waals surface area (Å²) in [7, 11) is 0. The van der Waals surface area contributed by atoms with Gasteiger partial charge in [0, 0.05) is 18.0 Å². The number of carbonyl (C=O) groups is 1. The molecule has 126 valence electrons. The largest absolute Gasteiger partial charge is 0.323 e. The highest BCUT2D eigenvalue weighted by Crippen LogP contribution is 2.38. The highest BCUT2D eigenvalue weighted by molar-refractivity contribution is 7.99. The fraction of sp³-hybridized carbons (Fsp3) is 0.350. The van der Waals surface area contributed by atoms with E-state index in [1.54, 1.807) is 0 Å². The fourth-order valence-corrected chi connectivity index (χ4v) is 4.09. The van der Waals surface area contributed by atoms with Gasteiger partial charge in [-0.1, -0.05) is 55.8 Å². The minimum Gasteiger partial charge on any atom is -0.308 e. The molecule has 0 aliphatic carbocycles. The summed E-state index contributed by atoms with van der Waals surface area (Å²) in [6.07, 6.45) is 0. The molecule has 1 N–H and O–H groups in total. The van der Waals surface area contributed by atoms with E-state index in [-0.39, 0.29) is 11.4 Å². The molecule has 1 saturated heterocycles. The van der Waals surface area contributed by atoms with Crippen LogP contribution in [-0.2, 0) is 0 Å². The van der Waals surface area contributed by atoms with Crippen molar-refractivity contribution in [3.8, 4) is 0 Å². The quantitative estimate of drug-likeness (QED) is 0.811. The molecule has 1 atom stereocenters. The first-order valence-corrected chi connectivity index (χ1v) is 9.45. The summed E-state index contributed by atoms with van der Waals surface area (Å²) >= 11 is 1.82. The second kappa shape index (κ2) is 7.31. The summed E-state index contributed by atoms with van der Waals surface area (Å²) in [4.78, 5) is 14.6. The van der Waals surface area contributed by atoms with Gasteiger partial charge in [-0.2, -0.15) is 0 Å². The molecular weight excluding hydrogens is 316 g/mol. The zero-order valence-electron chi connectivity index (χ0n) is 14.5. The van der Waals surface area contributed by atoms with Crippen LogP contribution in [0.4, 0.5) is 10.5 Å². The van der Waals surface area contributed by atoms with Crippen LogP contribution >= 0.6 is 11.8 Å². The van der Waals surface area contributed by atoms with Gasteiger partial charge in [0.15, 0.2) is 0 Å². The van der Waals surface area contributed by atoms with Crippen LogP contribution in [0.2, 0.25) is 0 Å². The zero-order chi connectivity index (χ0) is 17.1. The van der Waals surface area contributed by atoms with Crippen molar-refractivity contribution in [3.05, 3.63) is 65.2 Å². The topological polar surface area (TPSA) is 32.3 Å². The third kappa shape index (κ3) is 3.75. The molecule has 2 amide bonds. The Bertz CT molecular complexity index is 695. The Morgan fingerprint density at radius 2 is 1.79 bits per heavy atom. The zero-order valence-corrected chi connectivity index (χ0v) is 15.3. The average molecular weight is 340 g/mol. The Kier molecular flexibility index (Phi) is 5.14. The van der Waals surface area contributed by atoms with Gasteiger partial charge in [0.2, 0.25) is 0 Å². The Hall–Kier alpha value is -1.94. The number of nitrogens with one attached hydrogen (secondary N) is 1. The molecular formula is C20H24N2OS. The fourth-order valence-electron chi connectivity index (χ4n) is 2.83. The number of amides is 2. The molecule has 24 heavy (non-hydrogen) atoms. The third-order valence-corrected chi connectivity index (χ3v) is 5.60. The van der Waals surface area contributed by atoms with E-state index in [9.17, 15) is 4.79 Å². The van der Waals surface area contributed by atoms with Gasteiger partial charge >= 0.3 is 6.03 Å². The van der Waals surface area contributed by atoms with Crippen LogP contribution < -0.4 is 5.32 Å². The van der Waals surface area contributed by atoms with Gasteiger partial charge in [0.05, 0.1) is 0 Å². The number of urea groups is 1. The predicted molar refractivity (Wildman–Crippen MR) is 103 cm³/mol. The number of hydrogen-bond acceptors (Lipinski definition) is 2. The van der Waals surface area contributed by atoms with Crippen LogP contribution in [0, 0.1) is 6.92 Å². The van der Waals surface area contributed by atoms with Crippen LogP contribution in [0.25, 0.3) is 0 Å². The predicted octanol–water partition coefficient (Wildman–Crippen LogP) is 5.40. The molecule has 1 aliphatic rings. The molecule has 1 heterocycles. The molecule has 2 aromatic rings. The van der Waals surface area contributed by atoms with Crippen LogP contribution in [0.3, 0.4) is 0 Å². The van der Waals surface area contributed by atoms with Gasteiger partial charge in [-0.3, -0.25) is 0 Å². The molecule has 0 saturated carbocycles. The maximum absolute atomic E-state index is 12.7. The summed E-state index contributed by atoms with van der Waals surface area (Å²) in [6.45, 7) is 7.21. The highest BCUT2D eigenvalue weighted by atomic mass is 32.2. The summed E-state index contributed by atoms with van der Waals surface area (Å²) in [5.41, 5.74) is 4.56. The van der Waals surface area contributed by atoms with Crippen molar-refractivity contribution in [2.75, 3.05) is 17.6 Å². The van der Waals surface area contributed by atoms with E-state index >= 15 is 0 Å². The van der Waals surface area contributed by atoms with Gasteiger partial charge in [0.25, 0.3) is 0 Å². The van der Waals surface area contributed by atoms with E-state index in [2.05, 4.69) is 43.4 Å². The molecule has 2 aromatic carbocycles. The Morgan fingerprint density at radius 3 is 2.42 bits per heavy atom. The van der Waals surface area contributed by atoms with Crippen molar-refractivity contribution in [3.63, 3.8) is 0 Å². The van der Waals surface area contributed by atoms with E-state index in [1.165, 1.54) is 16.7 Å². The Balaban J connectivity index is 1.72. The van der Waals surface area contributed by atoms with Gasteiger partial charge in [0.1, 0.15) is 5.37 Å². The second-order valence-electron chi connectivity index (χ2n) is 6.53. The maximum Gasteiger partial charge on any atom is 0.323 e. The number of anilines is 1. The number of thioether (sulfide) groups is 1. The van der Waals surface area contributed by atoms with Crippen molar-refractivity contribution < 1.29 is 4.79 Å². The van der Waals surface area contributed by atoms with Gasteiger partial charge in [-0.25, -0.2) is 4.79 Å². The number of hydrogen-bond donors (Lipinski definition) is 1. The highest BCUT2D eigenvalue weighted by Gasteiger charge is 2.30. The van der Waals surface area contributed by atoms with Crippen molar-refractivity contribution in [1.29, 1.82) is 0 Å². The third-order valence-electron chi connectivity index (χ3n) is 4.34. The number of rotatable bonds is 3. The van der Waals surface area contributed by atoms with Gasteiger partial charge in [-0.05, 0) is 36.1 Å². The number of carbonyl (C=O) groups excluding carboxylic acids is 1. The van der Waals surface area contributed by atoms with E-state index in [0.29, 0.717) is 5.92 Å². The minimum absolute atomic E-state index is 0.0261. The number of benzene rings is 2. The standard InChI is InChI=1S/C20H24N2OS/c1-14(2)16-6-8-17(9-7-16)19-22(12-13-24-19)20(23)21-18-10-4-15(3)5-11-18/h4-11,14,19H,12-13H2,1-3H3,(H,21,23)/t19-/m0/s1. The van der Waals surface area contributed by atoms with Gasteiger partial charge in [-0.15, -0.1) is 11.8 Å². The van der Waals surface area contributed by atoms with Crippen molar-refractivity contribution in [2.24, 2.45) is 0 Å². The molecule has 0 radical (unpaired) electrons. The Labute approximate surface area is 148 Å². The lowest BCUT2D eigenvalue weighted by Crippen LogP contribution is -2.34. The molecule has 0 unspecified atom stereocenters. The van der Waals surface area contributed by atoms with Crippen molar-refractivity contribution >= 4 is 23.5 Å². The monoisotopic (exact) mass is 340 g/mol. The molecule has 1 aliphatic heterocycles. The average Bonchev–Trinajstić information content (AvgIpc) is 3.07. The van der Waals surface area contributed by atoms with E-state index in [1.807, 2.05) is 47.9 Å². The normalized spacial score (nSPS) is 17.3. The molecule has 3 nitrogen and oxygen atoms in total. The van der Waals surface area contributed by atoms with Crippen LogP contribution in [0.1, 0.15) is 41.8 Å². The number of nitrogens with zero attached hydrogens (tertiary/aromatic N) is 1. The second-order valence-corrected chi connectivity index (χ2v) is 7.72. The molecule has 3 rings (SSSR count). The van der Waals surface area contributed by atoms with E-state index < -0.39 is 0 Å².